The molecule has 3 heteroatoms. The van der Waals surface area contributed by atoms with Crippen molar-refractivity contribution in [1.29, 1.82) is 0 Å². The van der Waals surface area contributed by atoms with Crippen molar-refractivity contribution < 1.29 is 14.7 Å². The highest BCUT2D eigenvalue weighted by atomic mass is 16.3. The maximum Gasteiger partial charge on any atom is 0.178 e. The number of fused-ring (bicyclic) bond motifs is 5. The molecule has 0 bridgehead atoms. The maximum absolute atomic E-state index is 13.0. The number of aliphatic hydroxyl groups is 1. The largest absolute Gasteiger partial charge is 0.393 e. The fourth-order valence-electron chi connectivity index (χ4n) is 6.00. The normalized spacial score (nSPS) is 50.2. The summed E-state index contributed by atoms with van der Waals surface area (Å²) in [4.78, 5) is 24.7. The van der Waals surface area contributed by atoms with E-state index in [9.17, 15) is 14.7 Å². The van der Waals surface area contributed by atoms with Crippen molar-refractivity contribution in [3.63, 3.8) is 0 Å². The number of hydrogen-bond acceptors (Lipinski definition) is 3. The van der Waals surface area contributed by atoms with Crippen LogP contribution in [0.3, 0.4) is 0 Å². The van der Waals surface area contributed by atoms with E-state index in [4.69, 9.17) is 0 Å². The predicted octanol–water partition coefficient (Wildman–Crippen LogP) is 2.83. The smallest absolute Gasteiger partial charge is 0.178 e. The molecule has 22 heavy (non-hydrogen) atoms. The fraction of sp³-hybridized carbons (Fsp3) is 0.684. The molecule has 0 amide bonds. The van der Waals surface area contributed by atoms with Crippen molar-refractivity contribution in [2.75, 3.05) is 0 Å². The molecule has 4 rings (SSSR count). The van der Waals surface area contributed by atoms with Gasteiger partial charge in [-0.15, -0.1) is 0 Å². The molecule has 3 fully saturated rings. The summed E-state index contributed by atoms with van der Waals surface area (Å²) in [6, 6.07) is 0. The molecule has 0 unspecified atom stereocenters. The average Bonchev–Trinajstić information content (AvgIpc) is 2.75. The number of rotatable bonds is 0. The van der Waals surface area contributed by atoms with Gasteiger partial charge in [0.05, 0.1) is 6.10 Å². The number of Topliss-reactive ketones (excluding diaryl/α,β-unsaturated/α-hetero) is 1. The molecule has 3 nitrogen and oxygen atoms in total. The van der Waals surface area contributed by atoms with Gasteiger partial charge in [0.1, 0.15) is 5.78 Å². The summed E-state index contributed by atoms with van der Waals surface area (Å²) < 4.78 is 0. The Morgan fingerprint density at radius 2 is 1.95 bits per heavy atom. The third-order valence-electron chi connectivity index (χ3n) is 7.20. The van der Waals surface area contributed by atoms with Crippen LogP contribution in [0, 0.1) is 28.6 Å². The first-order valence-electron chi connectivity index (χ1n) is 8.51. The molecule has 0 aliphatic heterocycles. The minimum Gasteiger partial charge on any atom is -0.393 e. The predicted molar refractivity (Wildman–Crippen MR) is 83.0 cm³/mol. The van der Waals surface area contributed by atoms with Crippen molar-refractivity contribution in [3.05, 3.63) is 23.8 Å². The van der Waals surface area contributed by atoms with E-state index >= 15 is 0 Å². The second-order valence-corrected chi connectivity index (χ2v) is 8.22. The Morgan fingerprint density at radius 1 is 1.18 bits per heavy atom. The molecule has 0 aromatic heterocycles. The Morgan fingerprint density at radius 3 is 2.73 bits per heavy atom. The van der Waals surface area contributed by atoms with Crippen LogP contribution in [-0.4, -0.2) is 22.8 Å². The summed E-state index contributed by atoms with van der Waals surface area (Å²) >= 11 is 0. The summed E-state index contributed by atoms with van der Waals surface area (Å²) in [5, 5.41) is 10.4. The Labute approximate surface area is 131 Å². The quantitative estimate of drug-likeness (QED) is 0.748. The lowest BCUT2D eigenvalue weighted by atomic mass is 9.48. The summed E-state index contributed by atoms with van der Waals surface area (Å²) in [6.07, 6.45) is 9.26. The zero-order valence-electron chi connectivity index (χ0n) is 13.3. The number of allylic oxidation sites excluding steroid dienone is 4. The van der Waals surface area contributed by atoms with Gasteiger partial charge in [0.15, 0.2) is 5.78 Å². The van der Waals surface area contributed by atoms with Crippen molar-refractivity contribution in [1.82, 2.24) is 0 Å². The monoisotopic (exact) mass is 300 g/mol. The number of carbonyl (C=O) groups excluding carboxylic acids is 2. The van der Waals surface area contributed by atoms with Gasteiger partial charge in [-0.25, -0.2) is 0 Å². The molecule has 4 aliphatic carbocycles. The zero-order chi connectivity index (χ0) is 15.7. The van der Waals surface area contributed by atoms with Crippen molar-refractivity contribution in [2.45, 2.75) is 52.1 Å². The summed E-state index contributed by atoms with van der Waals surface area (Å²) in [6.45, 7) is 4.24. The molecular weight excluding hydrogens is 276 g/mol. The highest BCUT2D eigenvalue weighted by Gasteiger charge is 2.61. The van der Waals surface area contributed by atoms with E-state index in [0.29, 0.717) is 18.3 Å². The number of aliphatic hydroxyl groups excluding tert-OH is 1. The van der Waals surface area contributed by atoms with E-state index in [1.165, 1.54) is 0 Å². The van der Waals surface area contributed by atoms with E-state index in [1.54, 1.807) is 12.2 Å². The third kappa shape index (κ3) is 1.66. The van der Waals surface area contributed by atoms with E-state index in [0.717, 1.165) is 31.3 Å². The van der Waals surface area contributed by atoms with Crippen LogP contribution in [0.4, 0.5) is 0 Å². The summed E-state index contributed by atoms with van der Waals surface area (Å²) in [7, 11) is 0. The first kappa shape index (κ1) is 14.4. The Balaban J connectivity index is 1.77. The van der Waals surface area contributed by atoms with Crippen LogP contribution in [0.25, 0.3) is 0 Å². The van der Waals surface area contributed by atoms with Gasteiger partial charge in [0.25, 0.3) is 0 Å². The standard InChI is InChI=1S/C19H24O3/c1-18-8-7-12(20)9-11(18)3-4-13-14-5-6-16(22)19(14,2)10-15(21)17(13)18/h7-9,13-14,16-17,22H,3-6,10H2,1-2H3/t13-,14-,16-,17+,18-,19-/m0/s1. The molecule has 0 radical (unpaired) electrons. The van der Waals surface area contributed by atoms with Gasteiger partial charge in [-0.1, -0.05) is 25.5 Å². The fourth-order valence-corrected chi connectivity index (χ4v) is 6.00. The molecule has 0 heterocycles. The molecule has 1 N–H and O–H groups in total. The minimum atomic E-state index is -0.337. The summed E-state index contributed by atoms with van der Waals surface area (Å²) in [5.41, 5.74) is 0.615. The Bertz CT molecular complexity index is 616. The average molecular weight is 300 g/mol. The van der Waals surface area contributed by atoms with Crippen LogP contribution in [0.2, 0.25) is 0 Å². The highest BCUT2D eigenvalue weighted by Crippen LogP contribution is 2.63. The Hall–Kier alpha value is -1.22. The van der Waals surface area contributed by atoms with E-state index in [-0.39, 0.29) is 34.4 Å². The molecule has 0 spiro atoms. The SMILES string of the molecule is C[C@]12CC(=O)[C@H]3[C@@H](CCC4=CC(=O)C=C[C@@]43C)[C@@H]1CC[C@@H]2O. The third-order valence-corrected chi connectivity index (χ3v) is 7.20. The van der Waals surface area contributed by atoms with Gasteiger partial charge in [-0.05, 0) is 49.7 Å². The van der Waals surface area contributed by atoms with Crippen LogP contribution in [0.15, 0.2) is 23.8 Å². The van der Waals surface area contributed by atoms with E-state index in [2.05, 4.69) is 13.8 Å². The topological polar surface area (TPSA) is 54.4 Å². The number of ketones is 2. The van der Waals surface area contributed by atoms with Crippen LogP contribution < -0.4 is 0 Å². The van der Waals surface area contributed by atoms with E-state index in [1.807, 2.05) is 6.08 Å². The molecular formula is C19H24O3. The first-order chi connectivity index (χ1) is 10.4. The zero-order valence-corrected chi connectivity index (χ0v) is 13.3. The lowest BCUT2D eigenvalue weighted by molar-refractivity contribution is -0.145. The van der Waals surface area contributed by atoms with Crippen molar-refractivity contribution in [3.8, 4) is 0 Å². The van der Waals surface area contributed by atoms with Gasteiger partial charge in [-0.3, -0.25) is 9.59 Å². The first-order valence-corrected chi connectivity index (χ1v) is 8.51. The van der Waals surface area contributed by atoms with Crippen LogP contribution >= 0.6 is 0 Å². The molecule has 0 aromatic carbocycles. The molecule has 0 saturated heterocycles. The highest BCUT2D eigenvalue weighted by molar-refractivity contribution is 6.01. The summed E-state index contributed by atoms with van der Waals surface area (Å²) in [5.74, 6) is 1.12. The van der Waals surface area contributed by atoms with Crippen LogP contribution in [0.5, 0.6) is 0 Å². The van der Waals surface area contributed by atoms with Gasteiger partial charge in [0, 0.05) is 23.2 Å². The van der Waals surface area contributed by atoms with Crippen molar-refractivity contribution >= 4 is 11.6 Å². The van der Waals surface area contributed by atoms with Gasteiger partial charge < -0.3 is 5.11 Å². The molecule has 3 saturated carbocycles. The van der Waals surface area contributed by atoms with Gasteiger partial charge in [-0.2, -0.15) is 0 Å². The number of hydrogen-bond donors (Lipinski definition) is 1. The lowest BCUT2D eigenvalue weighted by Crippen LogP contribution is -2.54. The molecule has 118 valence electrons. The van der Waals surface area contributed by atoms with Crippen LogP contribution in [0.1, 0.15) is 46.0 Å². The van der Waals surface area contributed by atoms with Gasteiger partial charge >= 0.3 is 0 Å². The number of carbonyl (C=O) groups is 2. The molecule has 6 atom stereocenters. The van der Waals surface area contributed by atoms with E-state index < -0.39 is 0 Å². The minimum absolute atomic E-state index is 0.0137. The lowest BCUT2D eigenvalue weighted by Gasteiger charge is -2.55. The molecule has 4 aliphatic rings. The Kier molecular flexibility index (Phi) is 2.88. The molecule has 0 aromatic rings. The maximum atomic E-state index is 13.0. The second kappa shape index (κ2) is 4.41. The second-order valence-electron chi connectivity index (χ2n) is 8.22. The van der Waals surface area contributed by atoms with Crippen molar-refractivity contribution in [2.24, 2.45) is 28.6 Å². The van der Waals surface area contributed by atoms with Gasteiger partial charge in [0.2, 0.25) is 0 Å². The van der Waals surface area contributed by atoms with Crippen LogP contribution in [-0.2, 0) is 9.59 Å².